The molecule has 14 heteroatoms. The molecule has 0 bridgehead atoms. The first-order valence-electron chi connectivity index (χ1n) is 18.1. The molecule has 4 aromatic rings. The van der Waals surface area contributed by atoms with Crippen molar-refractivity contribution >= 4 is 50.7 Å². The number of carbonyl (C=O) groups is 3. The zero-order chi connectivity index (χ0) is 39.6. The molecule has 0 saturated carbocycles. The number of esters is 1. The first kappa shape index (κ1) is 40.2. The fourth-order valence-corrected chi connectivity index (χ4v) is 8.22. The van der Waals surface area contributed by atoms with Gasteiger partial charge in [0.1, 0.15) is 17.2 Å². The van der Waals surface area contributed by atoms with Crippen molar-refractivity contribution in [3.05, 3.63) is 82.9 Å². The lowest BCUT2D eigenvalue weighted by molar-refractivity contribution is -0.156. The van der Waals surface area contributed by atoms with E-state index >= 15 is 0 Å². The maximum Gasteiger partial charge on any atom is 0.421 e. The maximum atomic E-state index is 13.5. The standard InChI is InChI=1S/C40H52N6O7S/c1-25-22-26(2)34(27(3)23-25)54(50,51)44-32(36(48)52-39(4,5)6)24-41-35(47)28-14-16-30(17-15-28)45-20-18-29(19-21-45)42-37-43-31-12-10-11-13-33(31)46(37)38(49)53-40(7,8)9/h10-17,22-23,29,32,44H,18-21,24H2,1-9H3,(H,41,47)(H,42,43)/t32-/m0/s1. The minimum Gasteiger partial charge on any atom is -0.459 e. The van der Waals surface area contributed by atoms with Gasteiger partial charge in [0, 0.05) is 36.9 Å². The summed E-state index contributed by atoms with van der Waals surface area (Å²) in [4.78, 5) is 46.6. The van der Waals surface area contributed by atoms with E-state index in [0.717, 1.165) is 37.2 Å². The Balaban J connectivity index is 1.21. The summed E-state index contributed by atoms with van der Waals surface area (Å²) in [6.45, 7) is 17.0. The second-order valence-electron chi connectivity index (χ2n) is 15.8. The minimum absolute atomic E-state index is 0.0680. The molecular formula is C40H52N6O7S. The van der Waals surface area contributed by atoms with Crippen molar-refractivity contribution < 1.29 is 32.3 Å². The Bertz CT molecular complexity index is 2100. The Morgan fingerprint density at radius 3 is 2.06 bits per heavy atom. The van der Waals surface area contributed by atoms with Gasteiger partial charge >= 0.3 is 12.1 Å². The number of aryl methyl sites for hydroxylation is 3. The van der Waals surface area contributed by atoms with Crippen LogP contribution < -0.4 is 20.3 Å². The summed E-state index contributed by atoms with van der Waals surface area (Å²) in [6, 6.07) is 16.8. The second kappa shape index (κ2) is 15.8. The number of benzene rings is 3. The van der Waals surface area contributed by atoms with E-state index in [2.05, 4.69) is 20.3 Å². The first-order valence-corrected chi connectivity index (χ1v) is 19.6. The maximum absolute atomic E-state index is 13.5. The van der Waals surface area contributed by atoms with Crippen molar-refractivity contribution in [2.24, 2.45) is 0 Å². The normalized spacial score (nSPS) is 14.8. The van der Waals surface area contributed by atoms with E-state index in [1.54, 1.807) is 58.9 Å². The SMILES string of the molecule is Cc1cc(C)c(S(=O)(=O)N[C@@H](CNC(=O)c2ccc(N3CCC(Nc4nc5ccccc5n4C(=O)OC(C)(C)C)CC3)cc2)C(=O)OC(C)(C)C)c(C)c1. The molecule has 0 radical (unpaired) electrons. The molecule has 1 aliphatic heterocycles. The van der Waals surface area contributed by atoms with Crippen LogP contribution in [0.15, 0.2) is 65.6 Å². The van der Waals surface area contributed by atoms with Gasteiger partial charge in [-0.25, -0.2) is 22.8 Å². The molecule has 1 aromatic heterocycles. The van der Waals surface area contributed by atoms with Crippen LogP contribution in [0.25, 0.3) is 11.0 Å². The largest absolute Gasteiger partial charge is 0.459 e. The Hall–Kier alpha value is -4.95. The Morgan fingerprint density at radius 1 is 0.870 bits per heavy atom. The predicted octanol–water partition coefficient (Wildman–Crippen LogP) is 6.24. The van der Waals surface area contributed by atoms with Gasteiger partial charge < -0.3 is 25.0 Å². The number of anilines is 2. The predicted molar refractivity (Wildman–Crippen MR) is 210 cm³/mol. The van der Waals surface area contributed by atoms with Crippen LogP contribution in [0.2, 0.25) is 0 Å². The third-order valence-corrected chi connectivity index (χ3v) is 10.6. The number of nitrogens with one attached hydrogen (secondary N) is 3. The second-order valence-corrected chi connectivity index (χ2v) is 17.5. The van der Waals surface area contributed by atoms with E-state index in [9.17, 15) is 22.8 Å². The van der Waals surface area contributed by atoms with Crippen molar-refractivity contribution in [3.8, 4) is 0 Å². The lowest BCUT2D eigenvalue weighted by Gasteiger charge is -2.34. The molecule has 13 nitrogen and oxygen atoms in total. The number of fused-ring (bicyclic) bond motifs is 1. The molecule has 5 rings (SSSR count). The van der Waals surface area contributed by atoms with Crippen molar-refractivity contribution in [2.75, 3.05) is 29.9 Å². The topological polar surface area (TPSA) is 161 Å². The lowest BCUT2D eigenvalue weighted by atomic mass is 10.0. The summed E-state index contributed by atoms with van der Waals surface area (Å²) in [5, 5.41) is 6.18. The molecule has 2 heterocycles. The van der Waals surface area contributed by atoms with Crippen molar-refractivity contribution in [2.45, 2.75) is 103 Å². The number of hydrogen-bond donors (Lipinski definition) is 3. The van der Waals surface area contributed by atoms with Gasteiger partial charge in [0.05, 0.1) is 15.9 Å². The van der Waals surface area contributed by atoms with Crippen LogP contribution >= 0.6 is 0 Å². The molecular weight excluding hydrogens is 709 g/mol. The monoisotopic (exact) mass is 760 g/mol. The highest BCUT2D eigenvalue weighted by Gasteiger charge is 2.32. The highest BCUT2D eigenvalue weighted by atomic mass is 32.2. The number of rotatable bonds is 10. The van der Waals surface area contributed by atoms with Crippen LogP contribution in [0.3, 0.4) is 0 Å². The van der Waals surface area contributed by atoms with E-state index in [1.807, 2.05) is 64.1 Å². The number of amides is 1. The van der Waals surface area contributed by atoms with Gasteiger partial charge in [0.25, 0.3) is 5.91 Å². The number of carbonyl (C=O) groups excluding carboxylic acids is 3. The zero-order valence-electron chi connectivity index (χ0n) is 32.6. The van der Waals surface area contributed by atoms with Gasteiger partial charge in [0.15, 0.2) is 0 Å². The molecule has 290 valence electrons. The molecule has 1 atom stereocenters. The van der Waals surface area contributed by atoms with Gasteiger partial charge in [0.2, 0.25) is 16.0 Å². The molecule has 1 saturated heterocycles. The zero-order valence-corrected chi connectivity index (χ0v) is 33.4. The van der Waals surface area contributed by atoms with Crippen LogP contribution in [0.1, 0.15) is 81.4 Å². The Morgan fingerprint density at radius 2 is 1.46 bits per heavy atom. The third-order valence-electron chi connectivity index (χ3n) is 8.79. The molecule has 1 amide bonds. The summed E-state index contributed by atoms with van der Waals surface area (Å²) >= 11 is 0. The average Bonchev–Trinajstić information content (AvgIpc) is 3.42. The van der Waals surface area contributed by atoms with Crippen LogP contribution in [-0.2, 0) is 24.3 Å². The van der Waals surface area contributed by atoms with Crippen LogP contribution in [0, 0.1) is 20.8 Å². The van der Waals surface area contributed by atoms with Crippen LogP contribution in [0.4, 0.5) is 16.4 Å². The van der Waals surface area contributed by atoms with Gasteiger partial charge in [-0.2, -0.15) is 4.72 Å². The number of para-hydroxylation sites is 2. The summed E-state index contributed by atoms with van der Waals surface area (Å²) < 4.78 is 42.3. The summed E-state index contributed by atoms with van der Waals surface area (Å²) in [6.07, 6.45) is 1.07. The quantitative estimate of drug-likeness (QED) is 0.158. The molecule has 54 heavy (non-hydrogen) atoms. The number of ether oxygens (including phenoxy) is 2. The lowest BCUT2D eigenvalue weighted by Crippen LogP contribution is -2.50. The molecule has 0 aliphatic carbocycles. The fourth-order valence-electron chi connectivity index (χ4n) is 6.58. The molecule has 0 spiro atoms. The van der Waals surface area contributed by atoms with E-state index in [4.69, 9.17) is 14.5 Å². The number of imidazole rings is 1. The van der Waals surface area contributed by atoms with Gasteiger partial charge in [-0.15, -0.1) is 0 Å². The number of hydrogen-bond acceptors (Lipinski definition) is 10. The van der Waals surface area contributed by atoms with Crippen LogP contribution in [0.5, 0.6) is 0 Å². The van der Waals surface area contributed by atoms with E-state index in [1.165, 1.54) is 4.57 Å². The minimum atomic E-state index is -4.15. The first-order chi connectivity index (χ1) is 25.2. The van der Waals surface area contributed by atoms with Crippen LogP contribution in [-0.4, -0.2) is 78.9 Å². The molecule has 3 N–H and O–H groups in total. The van der Waals surface area contributed by atoms with Crippen molar-refractivity contribution in [3.63, 3.8) is 0 Å². The fraction of sp³-hybridized carbons (Fsp3) is 0.450. The Kier molecular flexibility index (Phi) is 11.8. The summed E-state index contributed by atoms with van der Waals surface area (Å²) in [7, 11) is -4.15. The van der Waals surface area contributed by atoms with Crippen molar-refractivity contribution in [1.82, 2.24) is 19.6 Å². The highest BCUT2D eigenvalue weighted by molar-refractivity contribution is 7.89. The van der Waals surface area contributed by atoms with E-state index in [0.29, 0.717) is 33.7 Å². The third kappa shape index (κ3) is 9.97. The van der Waals surface area contributed by atoms with Gasteiger partial charge in [-0.05, 0) is 123 Å². The average molecular weight is 761 g/mol. The number of aromatic nitrogens is 2. The van der Waals surface area contributed by atoms with Crippen molar-refractivity contribution in [1.29, 1.82) is 0 Å². The molecule has 1 aliphatic rings. The molecule has 0 unspecified atom stereocenters. The van der Waals surface area contributed by atoms with Gasteiger partial charge in [-0.1, -0.05) is 29.8 Å². The number of piperidine rings is 1. The van der Waals surface area contributed by atoms with E-state index in [-0.39, 0.29) is 17.5 Å². The van der Waals surface area contributed by atoms with E-state index < -0.39 is 45.2 Å². The number of sulfonamides is 1. The molecule has 1 fully saturated rings. The summed E-state index contributed by atoms with van der Waals surface area (Å²) in [5.74, 6) is -0.821. The smallest absolute Gasteiger partial charge is 0.421 e. The Labute approximate surface area is 317 Å². The molecule has 3 aromatic carbocycles. The summed E-state index contributed by atoms with van der Waals surface area (Å²) in [5.41, 5.74) is 3.13. The van der Waals surface area contributed by atoms with Gasteiger partial charge in [-0.3, -0.25) is 9.59 Å². The highest BCUT2D eigenvalue weighted by Crippen LogP contribution is 2.27. The number of nitrogens with zero attached hydrogens (tertiary/aromatic N) is 3.